The largest absolute Gasteiger partial charge is 0.383 e. The van der Waals surface area contributed by atoms with Gasteiger partial charge in [0.25, 0.3) is 5.56 Å². The van der Waals surface area contributed by atoms with E-state index in [0.717, 1.165) is 11.8 Å². The Morgan fingerprint density at radius 3 is 3.04 bits per heavy atom. The second-order valence-corrected chi connectivity index (χ2v) is 7.18. The number of aromatic nitrogens is 2. The molecule has 6 nitrogen and oxygen atoms in total. The molecule has 3 rings (SSSR count). The molecule has 1 aromatic carbocycles. The van der Waals surface area contributed by atoms with Gasteiger partial charge in [0.05, 0.1) is 24.4 Å². The molecule has 0 bridgehead atoms. The standard InChI is InChI=1S/C17H16FN3O3S2/c1-24-7-6-21-16(23)15-13(5-8-25-15)20-17(21)26-10-14(22)19-12-4-2-3-11(18)9-12/h2-5,8-9H,6-7,10H2,1H3,(H,19,22). The van der Waals surface area contributed by atoms with E-state index < -0.39 is 5.82 Å². The van der Waals surface area contributed by atoms with E-state index in [0.29, 0.717) is 34.2 Å². The molecule has 0 aliphatic carbocycles. The van der Waals surface area contributed by atoms with Crippen molar-refractivity contribution < 1.29 is 13.9 Å². The lowest BCUT2D eigenvalue weighted by Crippen LogP contribution is -2.25. The zero-order valence-corrected chi connectivity index (χ0v) is 15.5. The number of nitrogens with one attached hydrogen (secondary N) is 1. The van der Waals surface area contributed by atoms with Crippen LogP contribution in [0.4, 0.5) is 10.1 Å². The minimum absolute atomic E-state index is 0.0472. The van der Waals surface area contributed by atoms with Gasteiger partial charge in [0.2, 0.25) is 5.91 Å². The first-order valence-electron chi connectivity index (χ1n) is 7.73. The van der Waals surface area contributed by atoms with Crippen LogP contribution >= 0.6 is 23.1 Å². The monoisotopic (exact) mass is 393 g/mol. The van der Waals surface area contributed by atoms with E-state index in [2.05, 4.69) is 10.3 Å². The Balaban J connectivity index is 1.76. The van der Waals surface area contributed by atoms with Crippen molar-refractivity contribution in [3.63, 3.8) is 0 Å². The SMILES string of the molecule is COCCn1c(SCC(=O)Nc2cccc(F)c2)nc2ccsc2c1=O. The number of carbonyl (C=O) groups excluding carboxylic acids is 1. The number of thioether (sulfide) groups is 1. The van der Waals surface area contributed by atoms with Gasteiger partial charge in [-0.25, -0.2) is 9.37 Å². The summed E-state index contributed by atoms with van der Waals surface area (Å²) < 4.78 is 20.3. The van der Waals surface area contributed by atoms with Crippen LogP contribution in [0.15, 0.2) is 45.7 Å². The highest BCUT2D eigenvalue weighted by molar-refractivity contribution is 7.99. The van der Waals surface area contributed by atoms with Crippen molar-refractivity contribution in [2.45, 2.75) is 11.7 Å². The average molecular weight is 393 g/mol. The molecule has 0 saturated carbocycles. The molecule has 2 heterocycles. The summed E-state index contributed by atoms with van der Waals surface area (Å²) in [4.78, 5) is 29.2. The van der Waals surface area contributed by atoms with Crippen molar-refractivity contribution in [2.75, 3.05) is 24.8 Å². The lowest BCUT2D eigenvalue weighted by atomic mass is 10.3. The van der Waals surface area contributed by atoms with Crippen molar-refractivity contribution in [3.05, 3.63) is 51.9 Å². The molecule has 0 radical (unpaired) electrons. The molecule has 2 aromatic heterocycles. The number of carbonyl (C=O) groups is 1. The fourth-order valence-corrected chi connectivity index (χ4v) is 3.91. The number of rotatable bonds is 7. The van der Waals surface area contributed by atoms with Crippen LogP contribution in [0.1, 0.15) is 0 Å². The lowest BCUT2D eigenvalue weighted by Gasteiger charge is -2.11. The molecule has 136 valence electrons. The molecule has 1 N–H and O–H groups in total. The number of benzene rings is 1. The lowest BCUT2D eigenvalue weighted by molar-refractivity contribution is -0.113. The highest BCUT2D eigenvalue weighted by Gasteiger charge is 2.14. The summed E-state index contributed by atoms with van der Waals surface area (Å²) in [6, 6.07) is 7.45. The van der Waals surface area contributed by atoms with Crippen molar-refractivity contribution in [3.8, 4) is 0 Å². The fourth-order valence-electron chi connectivity index (χ4n) is 2.31. The van der Waals surface area contributed by atoms with Gasteiger partial charge in [-0.15, -0.1) is 11.3 Å². The number of amides is 1. The number of anilines is 1. The van der Waals surface area contributed by atoms with E-state index in [1.54, 1.807) is 19.2 Å². The van der Waals surface area contributed by atoms with Gasteiger partial charge in [-0.1, -0.05) is 17.8 Å². The van der Waals surface area contributed by atoms with Crippen molar-refractivity contribution in [1.82, 2.24) is 9.55 Å². The Bertz CT molecular complexity index is 987. The molecule has 0 atom stereocenters. The number of hydrogen-bond acceptors (Lipinski definition) is 6. The summed E-state index contributed by atoms with van der Waals surface area (Å²) in [7, 11) is 1.56. The van der Waals surface area contributed by atoms with Crippen LogP contribution in [-0.4, -0.2) is 34.9 Å². The van der Waals surface area contributed by atoms with E-state index in [-0.39, 0.29) is 17.2 Å². The van der Waals surface area contributed by atoms with Gasteiger partial charge >= 0.3 is 0 Å². The van der Waals surface area contributed by atoms with Crippen LogP contribution in [0, 0.1) is 5.82 Å². The first-order valence-corrected chi connectivity index (χ1v) is 9.60. The summed E-state index contributed by atoms with van der Waals surface area (Å²) in [6.07, 6.45) is 0. The fraction of sp³-hybridized carbons (Fsp3) is 0.235. The number of methoxy groups -OCH3 is 1. The van der Waals surface area contributed by atoms with Crippen LogP contribution in [0.25, 0.3) is 10.2 Å². The van der Waals surface area contributed by atoms with Gasteiger partial charge in [0.1, 0.15) is 10.5 Å². The molecule has 0 aliphatic heterocycles. The van der Waals surface area contributed by atoms with E-state index in [4.69, 9.17) is 4.74 Å². The quantitative estimate of drug-likeness (QED) is 0.494. The average Bonchev–Trinajstić information content (AvgIpc) is 3.08. The van der Waals surface area contributed by atoms with Crippen LogP contribution < -0.4 is 10.9 Å². The second-order valence-electron chi connectivity index (χ2n) is 5.33. The molecule has 0 spiro atoms. The number of thiophene rings is 1. The van der Waals surface area contributed by atoms with Crippen LogP contribution in [-0.2, 0) is 16.1 Å². The molecule has 3 aromatic rings. The summed E-state index contributed by atoms with van der Waals surface area (Å²) in [5, 5.41) is 4.89. The maximum Gasteiger partial charge on any atom is 0.272 e. The maximum atomic E-state index is 13.2. The topological polar surface area (TPSA) is 73.2 Å². The van der Waals surface area contributed by atoms with E-state index in [9.17, 15) is 14.0 Å². The smallest absolute Gasteiger partial charge is 0.272 e. The molecular weight excluding hydrogens is 377 g/mol. The Morgan fingerprint density at radius 1 is 1.42 bits per heavy atom. The number of hydrogen-bond donors (Lipinski definition) is 1. The van der Waals surface area contributed by atoms with Crippen molar-refractivity contribution in [1.29, 1.82) is 0 Å². The second kappa shape index (κ2) is 8.43. The molecular formula is C17H16FN3O3S2. The number of ether oxygens (including phenoxy) is 1. The van der Waals surface area contributed by atoms with E-state index in [1.807, 2.05) is 5.38 Å². The Kier molecular flexibility index (Phi) is 6.02. The summed E-state index contributed by atoms with van der Waals surface area (Å²) in [5.41, 5.74) is 0.852. The van der Waals surface area contributed by atoms with Gasteiger partial charge in [-0.3, -0.25) is 14.2 Å². The Morgan fingerprint density at radius 2 is 2.27 bits per heavy atom. The third-order valence-corrected chi connectivity index (χ3v) is 5.36. The molecule has 1 amide bonds. The van der Waals surface area contributed by atoms with Gasteiger partial charge in [0, 0.05) is 12.8 Å². The minimum atomic E-state index is -0.423. The molecule has 9 heteroatoms. The van der Waals surface area contributed by atoms with Crippen molar-refractivity contribution in [2.24, 2.45) is 0 Å². The first kappa shape index (κ1) is 18.6. The summed E-state index contributed by atoms with van der Waals surface area (Å²) in [6.45, 7) is 0.714. The number of halogens is 1. The summed E-state index contributed by atoms with van der Waals surface area (Å²) in [5.74, 6) is -0.682. The minimum Gasteiger partial charge on any atom is -0.383 e. The molecule has 0 aliphatic rings. The highest BCUT2D eigenvalue weighted by Crippen LogP contribution is 2.21. The summed E-state index contributed by atoms with van der Waals surface area (Å²) >= 11 is 2.49. The van der Waals surface area contributed by atoms with E-state index in [1.165, 1.54) is 34.1 Å². The maximum absolute atomic E-state index is 13.2. The van der Waals surface area contributed by atoms with Gasteiger partial charge < -0.3 is 10.1 Å². The predicted octanol–water partition coefficient (Wildman–Crippen LogP) is 2.97. The van der Waals surface area contributed by atoms with Gasteiger partial charge in [-0.2, -0.15) is 0 Å². The highest BCUT2D eigenvalue weighted by atomic mass is 32.2. The van der Waals surface area contributed by atoms with Crippen LogP contribution in [0.2, 0.25) is 0 Å². The van der Waals surface area contributed by atoms with Crippen LogP contribution in [0.5, 0.6) is 0 Å². The molecule has 0 saturated heterocycles. The molecule has 26 heavy (non-hydrogen) atoms. The van der Waals surface area contributed by atoms with Crippen molar-refractivity contribution >= 4 is 44.9 Å². The number of fused-ring (bicyclic) bond motifs is 1. The normalized spacial score (nSPS) is 11.0. The Labute approximate surface area is 157 Å². The Hall–Kier alpha value is -2.23. The molecule has 0 fully saturated rings. The van der Waals surface area contributed by atoms with Crippen LogP contribution in [0.3, 0.4) is 0 Å². The number of nitrogens with zero attached hydrogens (tertiary/aromatic N) is 2. The van der Waals surface area contributed by atoms with E-state index >= 15 is 0 Å². The zero-order chi connectivity index (χ0) is 18.5. The third kappa shape index (κ3) is 4.29. The zero-order valence-electron chi connectivity index (χ0n) is 13.9. The first-order chi connectivity index (χ1) is 12.6. The van der Waals surface area contributed by atoms with Gasteiger partial charge in [0.15, 0.2) is 5.16 Å². The van der Waals surface area contributed by atoms with Gasteiger partial charge in [-0.05, 0) is 29.6 Å². The third-order valence-electron chi connectivity index (χ3n) is 3.49. The molecule has 0 unspecified atom stereocenters. The predicted molar refractivity (Wildman–Crippen MR) is 102 cm³/mol.